The summed E-state index contributed by atoms with van der Waals surface area (Å²) in [6.45, 7) is 3.57. The van der Waals surface area contributed by atoms with E-state index in [1.807, 2.05) is 36.4 Å². The van der Waals surface area contributed by atoms with E-state index < -0.39 is 12.2 Å². The van der Waals surface area contributed by atoms with Gasteiger partial charge in [0, 0.05) is 18.8 Å². The van der Waals surface area contributed by atoms with Crippen LogP contribution in [0.3, 0.4) is 0 Å². The lowest BCUT2D eigenvalue weighted by molar-refractivity contribution is -0.138. The summed E-state index contributed by atoms with van der Waals surface area (Å²) in [6.07, 6.45) is 1.19. The van der Waals surface area contributed by atoms with E-state index in [1.54, 1.807) is 13.2 Å². The average Bonchev–Trinajstić information content (AvgIpc) is 2.78. The molecular weight excluding hydrogens is 398 g/mol. The summed E-state index contributed by atoms with van der Waals surface area (Å²) in [6, 6.07) is 11.5. The molecule has 0 radical (unpaired) electrons. The molecule has 4 atom stereocenters. The monoisotopic (exact) mass is 425 g/mol. The number of methoxy groups -OCH3 is 1. The summed E-state index contributed by atoms with van der Waals surface area (Å²) in [5.74, 6) is 0.932. The predicted octanol–water partition coefficient (Wildman–Crippen LogP) is 2.60. The Morgan fingerprint density at radius 3 is 2.87 bits per heavy atom. The van der Waals surface area contributed by atoms with Gasteiger partial charge in [-0.05, 0) is 41.0 Å². The Hall–Kier alpha value is -2.87. The van der Waals surface area contributed by atoms with E-state index in [2.05, 4.69) is 11.9 Å². The van der Waals surface area contributed by atoms with Crippen LogP contribution in [0.4, 0.5) is 5.69 Å². The molecule has 2 aromatic carbocycles. The number of hydrogen-bond acceptors (Lipinski definition) is 6. The number of carbonyl (C=O) groups is 1. The maximum Gasteiger partial charge on any atom is 0.262 e. The number of fused-ring (bicyclic) bond motifs is 1. The number of anilines is 1. The second-order valence-corrected chi connectivity index (χ2v) is 7.88. The van der Waals surface area contributed by atoms with Crippen LogP contribution < -0.4 is 14.8 Å². The highest BCUT2D eigenvalue weighted by molar-refractivity contribution is 5.95. The standard InChI is InChI=1S/C24H27NO6/c1-3-17-19(27)11-21(31-23(17)12-26)15-5-7-20(29-2)16(10-15)8-14-4-6-18-22(9-14)30-13-24(28)25-18/h3-7,9-10,17,19,21,23,26-27H,1,8,11-13H2,2H3,(H,25,28)/t17?,19-,21-,23-/m1/s1. The fourth-order valence-electron chi connectivity index (χ4n) is 4.26. The molecule has 0 aromatic heterocycles. The third-order valence-corrected chi connectivity index (χ3v) is 5.87. The van der Waals surface area contributed by atoms with Gasteiger partial charge in [-0.1, -0.05) is 18.2 Å². The maximum atomic E-state index is 11.5. The first-order valence-corrected chi connectivity index (χ1v) is 10.3. The zero-order chi connectivity index (χ0) is 22.0. The lowest BCUT2D eigenvalue weighted by Gasteiger charge is -2.38. The summed E-state index contributed by atoms with van der Waals surface area (Å²) < 4.78 is 17.2. The van der Waals surface area contributed by atoms with Crippen molar-refractivity contribution >= 4 is 11.6 Å². The molecule has 0 aliphatic carbocycles. The minimum absolute atomic E-state index is 0.00827. The number of benzene rings is 2. The number of amides is 1. The van der Waals surface area contributed by atoms with E-state index in [9.17, 15) is 15.0 Å². The van der Waals surface area contributed by atoms with Gasteiger partial charge in [0.15, 0.2) is 6.61 Å². The Balaban J connectivity index is 1.58. The third-order valence-electron chi connectivity index (χ3n) is 5.87. The van der Waals surface area contributed by atoms with Gasteiger partial charge < -0.3 is 29.7 Å². The van der Waals surface area contributed by atoms with Crippen LogP contribution >= 0.6 is 0 Å². The first-order valence-electron chi connectivity index (χ1n) is 10.3. The van der Waals surface area contributed by atoms with E-state index >= 15 is 0 Å². The Kier molecular flexibility index (Phi) is 6.27. The number of aliphatic hydroxyl groups excluding tert-OH is 2. The molecule has 0 spiro atoms. The largest absolute Gasteiger partial charge is 0.496 e. The smallest absolute Gasteiger partial charge is 0.262 e. The van der Waals surface area contributed by atoms with Crippen LogP contribution in [-0.2, 0) is 16.0 Å². The zero-order valence-electron chi connectivity index (χ0n) is 17.4. The van der Waals surface area contributed by atoms with Crippen molar-refractivity contribution in [2.45, 2.75) is 31.2 Å². The van der Waals surface area contributed by atoms with E-state index in [0.29, 0.717) is 24.3 Å². The normalized spacial score (nSPS) is 25.2. The first-order chi connectivity index (χ1) is 15.0. The number of aliphatic hydroxyl groups is 2. The highest BCUT2D eigenvalue weighted by atomic mass is 16.5. The van der Waals surface area contributed by atoms with Gasteiger partial charge in [-0.25, -0.2) is 0 Å². The van der Waals surface area contributed by atoms with E-state index in [1.165, 1.54) is 0 Å². The Morgan fingerprint density at radius 1 is 1.29 bits per heavy atom. The molecule has 0 bridgehead atoms. The number of hydrogen-bond donors (Lipinski definition) is 3. The zero-order valence-corrected chi connectivity index (χ0v) is 17.4. The molecule has 4 rings (SSSR count). The van der Waals surface area contributed by atoms with Gasteiger partial charge in [0.25, 0.3) is 5.91 Å². The fraction of sp³-hybridized carbons (Fsp3) is 0.375. The summed E-state index contributed by atoms with van der Waals surface area (Å²) in [7, 11) is 1.63. The van der Waals surface area contributed by atoms with Crippen molar-refractivity contribution in [1.29, 1.82) is 0 Å². The van der Waals surface area contributed by atoms with Crippen LogP contribution in [0.1, 0.15) is 29.2 Å². The van der Waals surface area contributed by atoms with Gasteiger partial charge in [0.1, 0.15) is 11.5 Å². The highest BCUT2D eigenvalue weighted by Crippen LogP contribution is 2.37. The Morgan fingerprint density at radius 2 is 2.13 bits per heavy atom. The Labute approximate surface area is 181 Å². The Bertz CT molecular complexity index is 975. The molecule has 1 fully saturated rings. The topological polar surface area (TPSA) is 97.2 Å². The molecule has 0 saturated carbocycles. The highest BCUT2D eigenvalue weighted by Gasteiger charge is 2.36. The first kappa shape index (κ1) is 21.4. The summed E-state index contributed by atoms with van der Waals surface area (Å²) in [5.41, 5.74) is 3.55. The number of carbonyl (C=O) groups excluding carboxylic acids is 1. The molecule has 7 nitrogen and oxygen atoms in total. The molecule has 2 heterocycles. The van der Waals surface area contributed by atoms with E-state index in [-0.39, 0.29) is 31.1 Å². The molecule has 1 unspecified atom stereocenters. The fourth-order valence-corrected chi connectivity index (χ4v) is 4.26. The van der Waals surface area contributed by atoms with Crippen molar-refractivity contribution in [3.8, 4) is 11.5 Å². The minimum atomic E-state index is -0.632. The molecule has 2 aromatic rings. The van der Waals surface area contributed by atoms with Crippen molar-refractivity contribution < 1.29 is 29.2 Å². The van der Waals surface area contributed by atoms with Gasteiger partial charge in [-0.3, -0.25) is 4.79 Å². The molecule has 164 valence electrons. The third kappa shape index (κ3) is 4.44. The van der Waals surface area contributed by atoms with Gasteiger partial charge >= 0.3 is 0 Å². The number of rotatable bonds is 6. The van der Waals surface area contributed by atoms with Crippen LogP contribution in [-0.4, -0.2) is 48.7 Å². The molecular formula is C24H27NO6. The van der Waals surface area contributed by atoms with Crippen molar-refractivity contribution in [2.75, 3.05) is 25.6 Å². The molecule has 1 amide bonds. The van der Waals surface area contributed by atoms with Gasteiger partial charge in [0.2, 0.25) is 0 Å². The van der Waals surface area contributed by atoms with Gasteiger partial charge in [-0.15, -0.1) is 6.58 Å². The summed E-state index contributed by atoms with van der Waals surface area (Å²) in [5, 5.41) is 23.0. The predicted molar refractivity (Wildman–Crippen MR) is 115 cm³/mol. The second-order valence-electron chi connectivity index (χ2n) is 7.88. The van der Waals surface area contributed by atoms with Crippen molar-refractivity contribution in [2.24, 2.45) is 5.92 Å². The van der Waals surface area contributed by atoms with Crippen molar-refractivity contribution in [1.82, 2.24) is 0 Å². The second kappa shape index (κ2) is 9.09. The van der Waals surface area contributed by atoms with Crippen LogP contribution in [0.15, 0.2) is 49.1 Å². The van der Waals surface area contributed by atoms with Crippen LogP contribution in [0.25, 0.3) is 0 Å². The van der Waals surface area contributed by atoms with Crippen LogP contribution in [0, 0.1) is 5.92 Å². The summed E-state index contributed by atoms with van der Waals surface area (Å²) in [4.78, 5) is 11.5. The lowest BCUT2D eigenvalue weighted by Crippen LogP contribution is -2.42. The molecule has 2 aliphatic rings. The molecule has 2 aliphatic heterocycles. The lowest BCUT2D eigenvalue weighted by atomic mass is 9.86. The van der Waals surface area contributed by atoms with Crippen molar-refractivity contribution in [3.05, 3.63) is 65.7 Å². The van der Waals surface area contributed by atoms with E-state index in [4.69, 9.17) is 14.2 Å². The molecule has 31 heavy (non-hydrogen) atoms. The number of nitrogens with one attached hydrogen (secondary N) is 1. The minimum Gasteiger partial charge on any atom is -0.496 e. The molecule has 3 N–H and O–H groups in total. The van der Waals surface area contributed by atoms with Crippen LogP contribution in [0.2, 0.25) is 0 Å². The van der Waals surface area contributed by atoms with Crippen LogP contribution in [0.5, 0.6) is 11.5 Å². The number of ether oxygens (including phenoxy) is 3. The molecule has 7 heteroatoms. The SMILES string of the molecule is C=CC1[C@H](O)C[C@H](c2ccc(OC)c(Cc3ccc4c(c3)OCC(=O)N4)c2)O[C@@H]1CO. The van der Waals surface area contributed by atoms with Gasteiger partial charge in [0.05, 0.1) is 37.7 Å². The van der Waals surface area contributed by atoms with Crippen molar-refractivity contribution in [3.63, 3.8) is 0 Å². The average molecular weight is 425 g/mol. The summed E-state index contributed by atoms with van der Waals surface area (Å²) >= 11 is 0. The van der Waals surface area contributed by atoms with Gasteiger partial charge in [-0.2, -0.15) is 0 Å². The van der Waals surface area contributed by atoms with E-state index in [0.717, 1.165) is 22.4 Å². The quantitative estimate of drug-likeness (QED) is 0.616. The maximum absolute atomic E-state index is 11.5. The molecule has 1 saturated heterocycles.